The second-order valence-electron chi connectivity index (χ2n) is 9.77. The first kappa shape index (κ1) is 26.4. The molecule has 1 atom stereocenters. The highest BCUT2D eigenvalue weighted by molar-refractivity contribution is 7.93. The number of nitrogens with one attached hydrogen (secondary N) is 2. The minimum atomic E-state index is -4.16. The van der Waals surface area contributed by atoms with Crippen LogP contribution >= 0.6 is 0 Å². The van der Waals surface area contributed by atoms with E-state index in [4.69, 9.17) is 0 Å². The molecule has 2 N–H and O–H groups in total. The van der Waals surface area contributed by atoms with Crippen LogP contribution in [0.2, 0.25) is 0 Å². The van der Waals surface area contributed by atoms with E-state index in [1.807, 2.05) is 45.0 Å². The van der Waals surface area contributed by atoms with Crippen LogP contribution < -0.4 is 14.9 Å². The van der Waals surface area contributed by atoms with Crippen molar-refractivity contribution in [1.29, 1.82) is 0 Å². The zero-order valence-electron chi connectivity index (χ0n) is 21.9. The van der Waals surface area contributed by atoms with E-state index >= 15 is 0 Å². The molecule has 0 radical (unpaired) electrons. The van der Waals surface area contributed by atoms with Crippen molar-refractivity contribution >= 4 is 33.2 Å². The Hall–Kier alpha value is -3.65. The number of carbonyl (C=O) groups is 2. The lowest BCUT2D eigenvalue weighted by Gasteiger charge is -2.37. The third-order valence-corrected chi connectivity index (χ3v) is 8.92. The summed E-state index contributed by atoms with van der Waals surface area (Å²) in [6.07, 6.45) is 0.340. The highest BCUT2D eigenvalue weighted by Crippen LogP contribution is 2.38. The molecule has 1 aliphatic heterocycles. The quantitative estimate of drug-likeness (QED) is 0.481. The van der Waals surface area contributed by atoms with Gasteiger partial charge in [0, 0.05) is 6.54 Å². The van der Waals surface area contributed by atoms with Gasteiger partial charge in [-0.15, -0.1) is 0 Å². The first-order valence-electron chi connectivity index (χ1n) is 12.3. The predicted molar refractivity (Wildman–Crippen MR) is 146 cm³/mol. The van der Waals surface area contributed by atoms with E-state index in [1.54, 1.807) is 38.1 Å². The summed E-state index contributed by atoms with van der Waals surface area (Å²) in [7, 11) is -4.16. The van der Waals surface area contributed by atoms with E-state index in [2.05, 4.69) is 16.7 Å². The number of anilines is 2. The normalized spacial score (nSPS) is 15.2. The maximum Gasteiger partial charge on any atom is 0.265 e. The van der Waals surface area contributed by atoms with Crippen molar-refractivity contribution in [2.24, 2.45) is 0 Å². The molecule has 0 spiro atoms. The van der Waals surface area contributed by atoms with Gasteiger partial charge in [0.05, 0.1) is 22.7 Å². The molecule has 194 valence electrons. The number of hydrogen-bond donors (Lipinski definition) is 2. The van der Waals surface area contributed by atoms with Gasteiger partial charge >= 0.3 is 0 Å². The fraction of sp³-hybridized carbons (Fsp3) is 0.310. The fourth-order valence-electron chi connectivity index (χ4n) is 4.96. The molecule has 0 bridgehead atoms. The number of aryl methyl sites for hydroxylation is 5. The molecule has 7 nitrogen and oxygen atoms in total. The summed E-state index contributed by atoms with van der Waals surface area (Å²) in [6.45, 7) is 9.88. The fourth-order valence-corrected chi connectivity index (χ4v) is 7.01. The number of para-hydroxylation sites is 2. The zero-order valence-corrected chi connectivity index (χ0v) is 22.7. The highest BCUT2D eigenvalue weighted by Gasteiger charge is 2.42. The third-order valence-electron chi connectivity index (χ3n) is 6.79. The molecule has 0 aliphatic carbocycles. The van der Waals surface area contributed by atoms with Gasteiger partial charge in [-0.3, -0.25) is 13.9 Å². The number of benzene rings is 3. The Labute approximate surface area is 218 Å². The Balaban J connectivity index is 1.62. The summed E-state index contributed by atoms with van der Waals surface area (Å²) >= 11 is 0. The molecular formula is C29H33N3O4S. The Bertz CT molecular complexity index is 1460. The molecule has 37 heavy (non-hydrogen) atoms. The molecule has 1 aliphatic rings. The summed E-state index contributed by atoms with van der Waals surface area (Å²) in [5, 5.41) is 5.63. The van der Waals surface area contributed by atoms with Crippen molar-refractivity contribution in [3.05, 3.63) is 88.0 Å². The highest BCUT2D eigenvalue weighted by atomic mass is 32.2. The SMILES string of the molecule is Cc1cc(C)c(S(=O)(=O)N2c3ccccc3NC(=O)C2CC(=O)NCCc2ccc(C)c(C)c2)c(C)c1. The molecule has 0 fully saturated rings. The van der Waals surface area contributed by atoms with Crippen molar-refractivity contribution < 1.29 is 18.0 Å². The van der Waals surface area contributed by atoms with Crippen molar-refractivity contribution in [2.75, 3.05) is 16.2 Å². The molecule has 2 amide bonds. The first-order valence-corrected chi connectivity index (χ1v) is 13.8. The van der Waals surface area contributed by atoms with Crippen molar-refractivity contribution in [1.82, 2.24) is 5.32 Å². The third kappa shape index (κ3) is 5.39. The lowest BCUT2D eigenvalue weighted by Crippen LogP contribution is -2.53. The van der Waals surface area contributed by atoms with Crippen LogP contribution in [-0.4, -0.2) is 32.8 Å². The second-order valence-corrected chi connectivity index (χ2v) is 11.5. The molecule has 8 heteroatoms. The van der Waals surface area contributed by atoms with Gasteiger partial charge in [-0.05, 0) is 81.0 Å². The molecule has 0 saturated heterocycles. The van der Waals surface area contributed by atoms with E-state index in [1.165, 1.54) is 11.1 Å². The smallest absolute Gasteiger partial charge is 0.265 e. The minimum absolute atomic E-state index is 0.155. The zero-order chi connectivity index (χ0) is 26.9. The molecule has 1 unspecified atom stereocenters. The lowest BCUT2D eigenvalue weighted by atomic mass is 10.0. The van der Waals surface area contributed by atoms with Gasteiger partial charge in [0.25, 0.3) is 10.0 Å². The van der Waals surface area contributed by atoms with E-state index in [9.17, 15) is 18.0 Å². The van der Waals surface area contributed by atoms with Crippen molar-refractivity contribution in [3.8, 4) is 0 Å². The summed E-state index contributed by atoms with van der Waals surface area (Å²) in [4.78, 5) is 26.3. The number of amides is 2. The van der Waals surface area contributed by atoms with E-state index in [-0.39, 0.29) is 17.2 Å². The van der Waals surface area contributed by atoms with Crippen LogP contribution in [-0.2, 0) is 26.0 Å². The van der Waals surface area contributed by atoms with E-state index in [0.717, 1.165) is 15.4 Å². The summed E-state index contributed by atoms with van der Waals surface area (Å²) in [5.74, 6) is -0.921. The summed E-state index contributed by atoms with van der Waals surface area (Å²) in [6, 6.07) is 15.3. The van der Waals surface area contributed by atoms with Crippen LogP contribution in [0.15, 0.2) is 59.5 Å². The number of carbonyl (C=O) groups excluding carboxylic acids is 2. The number of sulfonamides is 1. The van der Waals surface area contributed by atoms with E-state index in [0.29, 0.717) is 35.5 Å². The van der Waals surface area contributed by atoms with Gasteiger partial charge in [0.1, 0.15) is 6.04 Å². The Morgan fingerprint density at radius 2 is 1.59 bits per heavy atom. The molecule has 0 aromatic heterocycles. The van der Waals surface area contributed by atoms with Crippen LogP contribution in [0.5, 0.6) is 0 Å². The molecule has 4 rings (SSSR count). The maximum absolute atomic E-state index is 14.1. The largest absolute Gasteiger partial charge is 0.356 e. The Morgan fingerprint density at radius 3 is 2.27 bits per heavy atom. The molecule has 0 saturated carbocycles. The van der Waals surface area contributed by atoms with Crippen molar-refractivity contribution in [3.63, 3.8) is 0 Å². The predicted octanol–water partition coefficient (Wildman–Crippen LogP) is 4.49. The number of hydrogen-bond acceptors (Lipinski definition) is 4. The molecular weight excluding hydrogens is 486 g/mol. The van der Waals surface area contributed by atoms with Gasteiger partial charge in [-0.1, -0.05) is 48.0 Å². The van der Waals surface area contributed by atoms with Gasteiger partial charge in [0.2, 0.25) is 11.8 Å². The van der Waals surface area contributed by atoms with Crippen LogP contribution in [0.4, 0.5) is 11.4 Å². The lowest BCUT2D eigenvalue weighted by molar-refractivity contribution is -0.125. The van der Waals surface area contributed by atoms with E-state index < -0.39 is 22.0 Å². The average molecular weight is 520 g/mol. The average Bonchev–Trinajstić information content (AvgIpc) is 2.80. The molecule has 1 heterocycles. The van der Waals surface area contributed by atoms with Gasteiger partial charge in [-0.25, -0.2) is 8.42 Å². The maximum atomic E-state index is 14.1. The van der Waals surface area contributed by atoms with Crippen LogP contribution in [0.1, 0.15) is 39.8 Å². The van der Waals surface area contributed by atoms with Gasteiger partial charge in [0.15, 0.2) is 0 Å². The second kappa shape index (κ2) is 10.4. The minimum Gasteiger partial charge on any atom is -0.356 e. The van der Waals surface area contributed by atoms with Crippen molar-refractivity contribution in [2.45, 2.75) is 58.4 Å². The topological polar surface area (TPSA) is 95.6 Å². The first-order chi connectivity index (χ1) is 17.5. The number of nitrogens with zero attached hydrogens (tertiary/aromatic N) is 1. The Morgan fingerprint density at radius 1 is 0.919 bits per heavy atom. The van der Waals surface area contributed by atoms with Crippen LogP contribution in [0.25, 0.3) is 0 Å². The van der Waals surface area contributed by atoms with Gasteiger partial charge < -0.3 is 10.6 Å². The molecule has 3 aromatic carbocycles. The van der Waals surface area contributed by atoms with Crippen LogP contribution in [0, 0.1) is 34.6 Å². The van der Waals surface area contributed by atoms with Crippen LogP contribution in [0.3, 0.4) is 0 Å². The summed E-state index contributed by atoms with van der Waals surface area (Å²) < 4.78 is 29.3. The number of fused-ring (bicyclic) bond motifs is 1. The number of rotatable bonds is 7. The van der Waals surface area contributed by atoms with Gasteiger partial charge in [-0.2, -0.15) is 0 Å². The summed E-state index contributed by atoms with van der Waals surface area (Å²) in [5.41, 5.74) is 6.36. The standard InChI is InChI=1S/C29H33N3O4S/c1-18-14-21(4)28(22(5)15-18)37(35,36)32-25-9-7-6-8-24(25)31-29(34)26(32)17-27(33)30-13-12-23-11-10-19(2)20(3)16-23/h6-11,14-16,26H,12-13,17H2,1-5H3,(H,30,33)(H,31,34). The Kier molecular flexibility index (Phi) is 7.41. The molecule has 3 aromatic rings. The monoisotopic (exact) mass is 519 g/mol.